The Balaban J connectivity index is 1.84. The normalized spacial score (nSPS) is 33.1. The molecule has 2 fully saturated rings. The van der Waals surface area contributed by atoms with Gasteiger partial charge in [0, 0.05) is 24.9 Å². The molecule has 0 radical (unpaired) electrons. The number of amides is 1. The fourth-order valence-electron chi connectivity index (χ4n) is 2.27. The zero-order chi connectivity index (χ0) is 10.7. The van der Waals surface area contributed by atoms with Crippen molar-refractivity contribution >= 4 is 17.7 Å². The number of piperazine rings is 1. The second-order valence-electron chi connectivity index (χ2n) is 4.45. The molecule has 0 bridgehead atoms. The summed E-state index contributed by atoms with van der Waals surface area (Å²) in [6.07, 6.45) is 3.98. The number of thioether (sulfide) groups is 1. The molecule has 0 aromatic rings. The van der Waals surface area contributed by atoms with Gasteiger partial charge in [-0.05, 0) is 25.5 Å². The van der Waals surface area contributed by atoms with Crippen LogP contribution in [0.15, 0.2) is 0 Å². The van der Waals surface area contributed by atoms with Crippen LogP contribution in [0.4, 0.5) is 0 Å². The number of hydrogen-bond donors (Lipinski definition) is 1. The van der Waals surface area contributed by atoms with Crippen molar-refractivity contribution in [3.8, 4) is 0 Å². The molecule has 4 heteroatoms. The predicted octanol–water partition coefficient (Wildman–Crippen LogP) is 1.09. The first-order valence-corrected chi connectivity index (χ1v) is 6.96. The standard InChI is InChI=1S/C11H20N2OS/c1-9-11(14)13(6-5-12-9)8-10-4-2-3-7-15-10/h9-10,12H,2-8H2,1H3. The Hall–Kier alpha value is -0.220. The van der Waals surface area contributed by atoms with E-state index in [-0.39, 0.29) is 11.9 Å². The summed E-state index contributed by atoms with van der Waals surface area (Å²) in [7, 11) is 0. The van der Waals surface area contributed by atoms with Gasteiger partial charge >= 0.3 is 0 Å². The van der Waals surface area contributed by atoms with E-state index in [4.69, 9.17) is 0 Å². The largest absolute Gasteiger partial charge is 0.339 e. The lowest BCUT2D eigenvalue weighted by atomic mass is 10.1. The number of carbonyl (C=O) groups is 1. The number of carbonyl (C=O) groups excluding carboxylic acids is 1. The summed E-state index contributed by atoms with van der Waals surface area (Å²) in [5.41, 5.74) is 0. The number of hydrogen-bond acceptors (Lipinski definition) is 3. The van der Waals surface area contributed by atoms with E-state index in [2.05, 4.69) is 5.32 Å². The fraction of sp³-hybridized carbons (Fsp3) is 0.909. The lowest BCUT2D eigenvalue weighted by Crippen LogP contribution is -2.55. The predicted molar refractivity (Wildman–Crippen MR) is 64.1 cm³/mol. The Morgan fingerprint density at radius 3 is 3.13 bits per heavy atom. The Morgan fingerprint density at radius 1 is 1.53 bits per heavy atom. The molecular weight excluding hydrogens is 208 g/mol. The fourth-order valence-corrected chi connectivity index (χ4v) is 3.59. The van der Waals surface area contributed by atoms with Gasteiger partial charge in [0.05, 0.1) is 6.04 Å². The highest BCUT2D eigenvalue weighted by Crippen LogP contribution is 2.26. The first-order chi connectivity index (χ1) is 7.27. The van der Waals surface area contributed by atoms with E-state index in [0.29, 0.717) is 5.25 Å². The van der Waals surface area contributed by atoms with Gasteiger partial charge in [-0.3, -0.25) is 4.79 Å². The van der Waals surface area contributed by atoms with Crippen molar-refractivity contribution in [2.75, 3.05) is 25.4 Å². The van der Waals surface area contributed by atoms with Crippen molar-refractivity contribution < 1.29 is 4.79 Å². The van der Waals surface area contributed by atoms with E-state index in [1.165, 1.54) is 25.0 Å². The third-order valence-corrected chi connectivity index (χ3v) is 4.59. The van der Waals surface area contributed by atoms with Crippen LogP contribution in [0.3, 0.4) is 0 Å². The molecule has 2 rings (SSSR count). The van der Waals surface area contributed by atoms with Crippen LogP contribution in [0.5, 0.6) is 0 Å². The molecule has 2 heterocycles. The molecule has 2 aliphatic heterocycles. The molecule has 86 valence electrons. The Kier molecular flexibility index (Phi) is 3.92. The van der Waals surface area contributed by atoms with Gasteiger partial charge in [0.2, 0.25) is 5.91 Å². The van der Waals surface area contributed by atoms with Crippen molar-refractivity contribution in [1.82, 2.24) is 10.2 Å². The molecule has 0 spiro atoms. The summed E-state index contributed by atoms with van der Waals surface area (Å²) in [5, 5.41) is 3.89. The molecule has 2 aliphatic rings. The van der Waals surface area contributed by atoms with Crippen LogP contribution in [-0.4, -0.2) is 47.5 Å². The zero-order valence-electron chi connectivity index (χ0n) is 9.37. The summed E-state index contributed by atoms with van der Waals surface area (Å²) in [6.45, 7) is 4.77. The van der Waals surface area contributed by atoms with E-state index in [1.807, 2.05) is 23.6 Å². The maximum Gasteiger partial charge on any atom is 0.239 e. The van der Waals surface area contributed by atoms with Crippen LogP contribution >= 0.6 is 11.8 Å². The third-order valence-electron chi connectivity index (χ3n) is 3.21. The van der Waals surface area contributed by atoms with Crippen molar-refractivity contribution in [3.63, 3.8) is 0 Å². The second kappa shape index (κ2) is 5.21. The van der Waals surface area contributed by atoms with Gasteiger partial charge in [0.25, 0.3) is 0 Å². The maximum atomic E-state index is 11.9. The average Bonchev–Trinajstić information content (AvgIpc) is 2.26. The lowest BCUT2D eigenvalue weighted by molar-refractivity contribution is -0.135. The summed E-state index contributed by atoms with van der Waals surface area (Å²) in [4.78, 5) is 13.9. The van der Waals surface area contributed by atoms with Crippen molar-refractivity contribution in [2.24, 2.45) is 0 Å². The number of nitrogens with one attached hydrogen (secondary N) is 1. The van der Waals surface area contributed by atoms with Gasteiger partial charge in [-0.15, -0.1) is 0 Å². The molecule has 0 aromatic carbocycles. The van der Waals surface area contributed by atoms with Gasteiger partial charge < -0.3 is 10.2 Å². The first-order valence-electron chi connectivity index (χ1n) is 5.91. The van der Waals surface area contributed by atoms with Crippen LogP contribution in [0.2, 0.25) is 0 Å². The number of rotatable bonds is 2. The zero-order valence-corrected chi connectivity index (χ0v) is 10.2. The molecule has 3 nitrogen and oxygen atoms in total. The molecule has 15 heavy (non-hydrogen) atoms. The van der Waals surface area contributed by atoms with Gasteiger partial charge in [0.15, 0.2) is 0 Å². The number of nitrogens with zero attached hydrogens (tertiary/aromatic N) is 1. The first kappa shape index (κ1) is 11.3. The Morgan fingerprint density at radius 2 is 2.40 bits per heavy atom. The van der Waals surface area contributed by atoms with E-state index < -0.39 is 0 Å². The van der Waals surface area contributed by atoms with E-state index in [0.717, 1.165) is 19.6 Å². The van der Waals surface area contributed by atoms with Gasteiger partial charge in [0.1, 0.15) is 0 Å². The van der Waals surface area contributed by atoms with E-state index in [1.54, 1.807) is 0 Å². The van der Waals surface area contributed by atoms with Gasteiger partial charge in [-0.2, -0.15) is 11.8 Å². The van der Waals surface area contributed by atoms with E-state index >= 15 is 0 Å². The molecule has 0 aliphatic carbocycles. The highest BCUT2D eigenvalue weighted by Gasteiger charge is 2.27. The van der Waals surface area contributed by atoms with E-state index in [9.17, 15) is 4.79 Å². The van der Waals surface area contributed by atoms with Crippen LogP contribution in [0, 0.1) is 0 Å². The summed E-state index contributed by atoms with van der Waals surface area (Å²) >= 11 is 2.05. The summed E-state index contributed by atoms with van der Waals surface area (Å²) < 4.78 is 0. The highest BCUT2D eigenvalue weighted by molar-refractivity contribution is 7.99. The molecule has 2 saturated heterocycles. The minimum atomic E-state index is 0.0207. The lowest BCUT2D eigenvalue weighted by Gasteiger charge is -2.35. The van der Waals surface area contributed by atoms with Crippen molar-refractivity contribution in [2.45, 2.75) is 37.5 Å². The minimum Gasteiger partial charge on any atom is -0.339 e. The highest BCUT2D eigenvalue weighted by atomic mass is 32.2. The molecule has 1 N–H and O–H groups in total. The Bertz CT molecular complexity index is 229. The average molecular weight is 228 g/mol. The monoisotopic (exact) mass is 228 g/mol. The third kappa shape index (κ3) is 2.88. The SMILES string of the molecule is CC1NCCN(CC2CCCCS2)C1=O. The maximum absolute atomic E-state index is 11.9. The quantitative estimate of drug-likeness (QED) is 0.768. The van der Waals surface area contributed by atoms with Crippen molar-refractivity contribution in [1.29, 1.82) is 0 Å². The van der Waals surface area contributed by atoms with Gasteiger partial charge in [-0.25, -0.2) is 0 Å². The molecule has 2 atom stereocenters. The van der Waals surface area contributed by atoms with Crippen LogP contribution in [0.25, 0.3) is 0 Å². The summed E-state index contributed by atoms with van der Waals surface area (Å²) in [6, 6.07) is 0.0207. The van der Waals surface area contributed by atoms with Gasteiger partial charge in [-0.1, -0.05) is 6.42 Å². The molecule has 2 unspecified atom stereocenters. The molecular formula is C11H20N2OS. The minimum absolute atomic E-state index is 0.0207. The second-order valence-corrected chi connectivity index (χ2v) is 5.86. The molecule has 1 amide bonds. The van der Waals surface area contributed by atoms with Crippen molar-refractivity contribution in [3.05, 3.63) is 0 Å². The Labute approximate surface area is 96.0 Å². The van der Waals surface area contributed by atoms with Crippen LogP contribution in [-0.2, 0) is 4.79 Å². The molecule has 0 aromatic heterocycles. The smallest absolute Gasteiger partial charge is 0.239 e. The van der Waals surface area contributed by atoms with Crippen LogP contribution in [0.1, 0.15) is 26.2 Å². The summed E-state index contributed by atoms with van der Waals surface area (Å²) in [5.74, 6) is 1.56. The molecule has 0 saturated carbocycles. The van der Waals surface area contributed by atoms with Crippen LogP contribution < -0.4 is 5.32 Å². The topological polar surface area (TPSA) is 32.3 Å².